The van der Waals surface area contributed by atoms with Crippen molar-refractivity contribution < 1.29 is 9.90 Å². The molecule has 0 atom stereocenters. The Kier molecular flexibility index (Phi) is 4.36. The molecule has 2 rings (SSSR count). The Bertz CT molecular complexity index is 443. The summed E-state index contributed by atoms with van der Waals surface area (Å²) in [5.41, 5.74) is 0.270. The number of aromatic hydroxyl groups is 1. The molecular formula is C13H15Cl2NO2. The van der Waals surface area contributed by atoms with Gasteiger partial charge in [0.2, 0.25) is 0 Å². The van der Waals surface area contributed by atoms with Gasteiger partial charge >= 0.3 is 0 Å². The number of alkyl halides is 1. The number of piperidine rings is 1. The molecule has 0 bridgehead atoms. The maximum absolute atomic E-state index is 12.2. The number of nitrogens with zero attached hydrogens (tertiary/aromatic N) is 1. The molecule has 0 aromatic heterocycles. The number of halogens is 2. The molecule has 1 aliphatic heterocycles. The van der Waals surface area contributed by atoms with Gasteiger partial charge in [-0.05, 0) is 37.0 Å². The Labute approximate surface area is 116 Å². The Hall–Kier alpha value is -0.930. The molecule has 1 fully saturated rings. The van der Waals surface area contributed by atoms with E-state index in [2.05, 4.69) is 0 Å². The summed E-state index contributed by atoms with van der Waals surface area (Å²) < 4.78 is 0. The number of hydrogen-bond acceptors (Lipinski definition) is 2. The Morgan fingerprint density at radius 1 is 1.39 bits per heavy atom. The lowest BCUT2D eigenvalue weighted by Gasteiger charge is -2.31. The van der Waals surface area contributed by atoms with Gasteiger partial charge in [0.05, 0.1) is 5.56 Å². The van der Waals surface area contributed by atoms with Crippen molar-refractivity contribution in [2.75, 3.05) is 19.0 Å². The van der Waals surface area contributed by atoms with Gasteiger partial charge in [0.15, 0.2) is 0 Å². The highest BCUT2D eigenvalue weighted by atomic mass is 35.5. The summed E-state index contributed by atoms with van der Waals surface area (Å²) in [5, 5.41) is 10.2. The average Bonchev–Trinajstić information content (AvgIpc) is 2.41. The molecular weight excluding hydrogens is 273 g/mol. The Morgan fingerprint density at radius 3 is 2.67 bits per heavy atom. The van der Waals surface area contributed by atoms with E-state index in [9.17, 15) is 9.90 Å². The predicted octanol–water partition coefficient (Wildman–Crippen LogP) is 3.14. The fourth-order valence-electron chi connectivity index (χ4n) is 2.14. The van der Waals surface area contributed by atoms with Gasteiger partial charge in [0, 0.05) is 24.0 Å². The van der Waals surface area contributed by atoms with E-state index < -0.39 is 0 Å². The number of phenols is 1. The van der Waals surface area contributed by atoms with Crippen LogP contribution in [0.2, 0.25) is 5.02 Å². The highest BCUT2D eigenvalue weighted by Crippen LogP contribution is 2.25. The molecule has 98 valence electrons. The van der Waals surface area contributed by atoms with Gasteiger partial charge in [-0.3, -0.25) is 4.79 Å². The van der Waals surface area contributed by atoms with Gasteiger partial charge < -0.3 is 10.0 Å². The maximum Gasteiger partial charge on any atom is 0.257 e. The number of hydrogen-bond donors (Lipinski definition) is 1. The highest BCUT2D eigenvalue weighted by Gasteiger charge is 2.24. The van der Waals surface area contributed by atoms with Crippen LogP contribution in [-0.4, -0.2) is 34.9 Å². The van der Waals surface area contributed by atoms with E-state index in [0.717, 1.165) is 12.8 Å². The molecule has 0 unspecified atom stereocenters. The maximum atomic E-state index is 12.2. The van der Waals surface area contributed by atoms with Gasteiger partial charge in [-0.2, -0.15) is 0 Å². The smallest absolute Gasteiger partial charge is 0.257 e. The minimum atomic E-state index is -0.164. The lowest BCUT2D eigenvalue weighted by molar-refractivity contribution is 0.0695. The first-order valence-corrected chi connectivity index (χ1v) is 6.87. The van der Waals surface area contributed by atoms with Crippen molar-refractivity contribution in [1.82, 2.24) is 4.90 Å². The molecule has 1 aliphatic rings. The van der Waals surface area contributed by atoms with Crippen LogP contribution in [0.15, 0.2) is 18.2 Å². The third kappa shape index (κ3) is 2.90. The van der Waals surface area contributed by atoms with Crippen LogP contribution in [0, 0.1) is 5.92 Å². The molecule has 18 heavy (non-hydrogen) atoms. The normalized spacial score (nSPS) is 16.9. The van der Waals surface area contributed by atoms with E-state index in [1.54, 1.807) is 11.0 Å². The van der Waals surface area contributed by atoms with Crippen LogP contribution in [0.1, 0.15) is 23.2 Å². The van der Waals surface area contributed by atoms with Gasteiger partial charge in [-0.1, -0.05) is 11.6 Å². The van der Waals surface area contributed by atoms with E-state index in [4.69, 9.17) is 23.2 Å². The molecule has 5 heteroatoms. The number of amides is 1. The second kappa shape index (κ2) is 5.81. The zero-order valence-corrected chi connectivity index (χ0v) is 11.4. The molecule has 0 radical (unpaired) electrons. The summed E-state index contributed by atoms with van der Waals surface area (Å²) in [6.45, 7) is 1.37. The minimum Gasteiger partial charge on any atom is -0.507 e. The number of carbonyl (C=O) groups excluding carboxylic acids is 1. The number of rotatable bonds is 2. The van der Waals surface area contributed by atoms with Crippen LogP contribution in [0.5, 0.6) is 5.75 Å². The summed E-state index contributed by atoms with van der Waals surface area (Å²) >= 11 is 11.7. The van der Waals surface area contributed by atoms with Crippen molar-refractivity contribution in [3.8, 4) is 5.75 Å². The second-order valence-corrected chi connectivity index (χ2v) is 5.30. The average molecular weight is 288 g/mol. The molecule has 0 spiro atoms. The van der Waals surface area contributed by atoms with Crippen molar-refractivity contribution >= 4 is 29.1 Å². The van der Waals surface area contributed by atoms with Crippen molar-refractivity contribution in [3.63, 3.8) is 0 Å². The third-order valence-corrected chi connectivity index (χ3v) is 3.98. The first kappa shape index (κ1) is 13.5. The summed E-state index contributed by atoms with van der Waals surface area (Å²) in [4.78, 5) is 14.0. The van der Waals surface area contributed by atoms with Crippen molar-refractivity contribution in [1.29, 1.82) is 0 Å². The third-order valence-electron chi connectivity index (χ3n) is 3.31. The van der Waals surface area contributed by atoms with Gasteiger partial charge in [0.25, 0.3) is 5.91 Å². The first-order chi connectivity index (χ1) is 8.61. The molecule has 1 heterocycles. The molecule has 1 amide bonds. The van der Waals surface area contributed by atoms with Crippen LogP contribution in [0.4, 0.5) is 0 Å². The summed E-state index contributed by atoms with van der Waals surface area (Å²) in [6, 6.07) is 4.52. The van der Waals surface area contributed by atoms with Crippen LogP contribution in [0.25, 0.3) is 0 Å². The number of benzene rings is 1. The molecule has 3 nitrogen and oxygen atoms in total. The monoisotopic (exact) mass is 287 g/mol. The lowest BCUT2D eigenvalue weighted by atomic mass is 9.98. The molecule has 1 aromatic carbocycles. The zero-order valence-electron chi connectivity index (χ0n) is 9.90. The Morgan fingerprint density at radius 2 is 2.06 bits per heavy atom. The summed E-state index contributed by atoms with van der Waals surface area (Å²) in [6.07, 6.45) is 1.83. The fourth-order valence-corrected chi connectivity index (χ4v) is 2.62. The minimum absolute atomic E-state index is 0.0242. The zero-order chi connectivity index (χ0) is 13.1. The number of likely N-dealkylation sites (tertiary alicyclic amines) is 1. The Balaban J connectivity index is 2.10. The van der Waals surface area contributed by atoms with Gasteiger partial charge in [-0.25, -0.2) is 0 Å². The van der Waals surface area contributed by atoms with Crippen LogP contribution >= 0.6 is 23.2 Å². The van der Waals surface area contributed by atoms with E-state index in [-0.39, 0.29) is 17.2 Å². The van der Waals surface area contributed by atoms with Gasteiger partial charge in [0.1, 0.15) is 5.75 Å². The highest BCUT2D eigenvalue weighted by molar-refractivity contribution is 6.31. The summed E-state index contributed by atoms with van der Waals surface area (Å²) in [7, 11) is 0. The number of carbonyl (C=O) groups is 1. The van der Waals surface area contributed by atoms with Crippen molar-refractivity contribution in [2.45, 2.75) is 12.8 Å². The predicted molar refractivity (Wildman–Crippen MR) is 72.5 cm³/mol. The van der Waals surface area contributed by atoms with E-state index >= 15 is 0 Å². The van der Waals surface area contributed by atoms with Crippen LogP contribution < -0.4 is 0 Å². The van der Waals surface area contributed by atoms with E-state index in [1.165, 1.54) is 12.1 Å². The lowest BCUT2D eigenvalue weighted by Crippen LogP contribution is -2.38. The molecule has 0 aliphatic carbocycles. The first-order valence-electron chi connectivity index (χ1n) is 5.95. The van der Waals surface area contributed by atoms with Crippen LogP contribution in [-0.2, 0) is 0 Å². The fraction of sp³-hybridized carbons (Fsp3) is 0.462. The van der Waals surface area contributed by atoms with Crippen molar-refractivity contribution in [3.05, 3.63) is 28.8 Å². The van der Waals surface area contributed by atoms with E-state index in [0.29, 0.717) is 29.9 Å². The molecule has 0 saturated carbocycles. The summed E-state index contributed by atoms with van der Waals surface area (Å²) in [5.74, 6) is 0.945. The topological polar surface area (TPSA) is 40.5 Å². The molecule has 1 saturated heterocycles. The largest absolute Gasteiger partial charge is 0.507 e. The SMILES string of the molecule is O=C(c1cc(Cl)ccc1O)N1CCC(CCl)CC1. The molecule has 1 N–H and O–H groups in total. The standard InChI is InChI=1S/C13H15Cl2NO2/c14-8-9-3-5-16(6-4-9)13(18)11-7-10(15)1-2-12(11)17/h1-2,7,9,17H,3-6,8H2. The number of phenolic OH excluding ortho intramolecular Hbond substituents is 1. The quantitative estimate of drug-likeness (QED) is 0.849. The second-order valence-electron chi connectivity index (χ2n) is 4.55. The van der Waals surface area contributed by atoms with Crippen molar-refractivity contribution in [2.24, 2.45) is 5.92 Å². The van der Waals surface area contributed by atoms with Crippen LogP contribution in [0.3, 0.4) is 0 Å². The van der Waals surface area contributed by atoms with Gasteiger partial charge in [-0.15, -0.1) is 11.6 Å². The molecule has 1 aromatic rings. The van der Waals surface area contributed by atoms with E-state index in [1.807, 2.05) is 0 Å².